The second-order valence-electron chi connectivity index (χ2n) is 5.64. The van der Waals surface area contributed by atoms with Crippen LogP contribution in [-0.2, 0) is 9.47 Å². The van der Waals surface area contributed by atoms with E-state index in [4.69, 9.17) is 9.47 Å². The van der Waals surface area contributed by atoms with Crippen molar-refractivity contribution in [2.75, 3.05) is 14.2 Å². The van der Waals surface area contributed by atoms with Gasteiger partial charge in [-0.25, -0.2) is 0 Å². The minimum absolute atomic E-state index is 0.604. The Kier molecular flexibility index (Phi) is 6.17. The summed E-state index contributed by atoms with van der Waals surface area (Å²) in [5.41, 5.74) is 3.90. The molecule has 1 aromatic carbocycles. The van der Waals surface area contributed by atoms with E-state index in [9.17, 15) is 0 Å². The van der Waals surface area contributed by atoms with Crippen molar-refractivity contribution >= 4 is 6.08 Å². The minimum atomic E-state index is -0.604. The molecule has 0 radical (unpaired) electrons. The third kappa shape index (κ3) is 4.19. The van der Waals surface area contributed by atoms with Crippen LogP contribution in [0.4, 0.5) is 0 Å². The van der Waals surface area contributed by atoms with E-state index >= 15 is 0 Å². The lowest BCUT2D eigenvalue weighted by atomic mass is 9.89. The van der Waals surface area contributed by atoms with Crippen molar-refractivity contribution in [3.05, 3.63) is 65.3 Å². The average Bonchev–Trinajstić information content (AvgIpc) is 2.59. The van der Waals surface area contributed by atoms with E-state index in [1.165, 1.54) is 29.6 Å². The van der Waals surface area contributed by atoms with E-state index < -0.39 is 5.79 Å². The van der Waals surface area contributed by atoms with Crippen LogP contribution in [-0.4, -0.2) is 20.0 Å². The maximum absolute atomic E-state index is 5.58. The largest absolute Gasteiger partial charge is 0.349 e. The van der Waals surface area contributed by atoms with Crippen LogP contribution in [0.5, 0.6) is 0 Å². The Balaban J connectivity index is 2.23. The highest BCUT2D eigenvalue weighted by Gasteiger charge is 2.30. The number of benzene rings is 1. The van der Waals surface area contributed by atoms with Crippen LogP contribution in [0.3, 0.4) is 0 Å². The lowest BCUT2D eigenvalue weighted by Gasteiger charge is -2.32. The Morgan fingerprint density at radius 1 is 1.09 bits per heavy atom. The van der Waals surface area contributed by atoms with Crippen LogP contribution in [0, 0.1) is 0 Å². The Hall–Kier alpha value is -1.64. The molecule has 2 rings (SSSR count). The Bertz CT molecular complexity index is 548. The second-order valence-corrected chi connectivity index (χ2v) is 5.64. The lowest BCUT2D eigenvalue weighted by Crippen LogP contribution is -2.33. The summed E-state index contributed by atoms with van der Waals surface area (Å²) < 4.78 is 11.2. The first-order chi connectivity index (χ1) is 10.7. The summed E-state index contributed by atoms with van der Waals surface area (Å²) in [4.78, 5) is 0. The topological polar surface area (TPSA) is 18.5 Å². The van der Waals surface area contributed by atoms with Gasteiger partial charge in [0.15, 0.2) is 5.79 Å². The van der Waals surface area contributed by atoms with Gasteiger partial charge in [0, 0.05) is 20.6 Å². The zero-order valence-electron chi connectivity index (χ0n) is 13.8. The van der Waals surface area contributed by atoms with Gasteiger partial charge in [0.1, 0.15) is 0 Å². The zero-order valence-corrected chi connectivity index (χ0v) is 13.8. The fourth-order valence-corrected chi connectivity index (χ4v) is 2.70. The van der Waals surface area contributed by atoms with Crippen molar-refractivity contribution in [3.63, 3.8) is 0 Å². The quantitative estimate of drug-likeness (QED) is 0.649. The Morgan fingerprint density at radius 3 is 2.45 bits per heavy atom. The molecule has 0 spiro atoms. The summed E-state index contributed by atoms with van der Waals surface area (Å²) in [6.07, 6.45) is 12.8. The smallest absolute Gasteiger partial charge is 0.191 e. The molecule has 1 aromatic rings. The van der Waals surface area contributed by atoms with Gasteiger partial charge in [0.25, 0.3) is 0 Å². The molecule has 1 aliphatic carbocycles. The standard InChI is InChI=1S/C20H26O2/c1-4-5-11-19-16-20(21-2,22-3)15-14-18(19)13-12-17-9-7-6-8-10-17/h6-10,12-15H,4-5,11,16H2,1-3H3. The summed E-state index contributed by atoms with van der Waals surface area (Å²) in [6.45, 7) is 2.22. The molecule has 1 aliphatic rings. The number of unbranched alkanes of at least 4 members (excludes halogenated alkanes) is 1. The molecule has 0 N–H and O–H groups in total. The highest BCUT2D eigenvalue weighted by Crippen LogP contribution is 2.33. The fourth-order valence-electron chi connectivity index (χ4n) is 2.70. The number of rotatable bonds is 7. The summed E-state index contributed by atoms with van der Waals surface area (Å²) in [5, 5.41) is 0. The highest BCUT2D eigenvalue weighted by atomic mass is 16.7. The van der Waals surface area contributed by atoms with Gasteiger partial charge < -0.3 is 9.47 Å². The summed E-state index contributed by atoms with van der Waals surface area (Å²) in [6, 6.07) is 10.4. The van der Waals surface area contributed by atoms with Gasteiger partial charge in [0.2, 0.25) is 0 Å². The third-order valence-corrected chi connectivity index (χ3v) is 4.16. The van der Waals surface area contributed by atoms with Crippen LogP contribution in [0.25, 0.3) is 6.08 Å². The first-order valence-electron chi connectivity index (χ1n) is 7.97. The summed E-state index contributed by atoms with van der Waals surface area (Å²) in [7, 11) is 3.41. The van der Waals surface area contributed by atoms with Crippen molar-refractivity contribution in [1.82, 2.24) is 0 Å². The highest BCUT2D eigenvalue weighted by molar-refractivity contribution is 5.56. The first kappa shape index (κ1) is 16.7. The van der Waals surface area contributed by atoms with E-state index in [1.807, 2.05) is 12.1 Å². The monoisotopic (exact) mass is 298 g/mol. The first-order valence-corrected chi connectivity index (χ1v) is 7.97. The predicted octanol–water partition coefficient (Wildman–Crippen LogP) is 5.14. The SMILES string of the molecule is CCCCC1=C(C=Cc2ccccc2)C=CC(OC)(OC)C1. The van der Waals surface area contributed by atoms with Gasteiger partial charge >= 0.3 is 0 Å². The van der Waals surface area contributed by atoms with Crippen molar-refractivity contribution < 1.29 is 9.47 Å². The molecule has 2 heteroatoms. The van der Waals surface area contributed by atoms with Crippen LogP contribution >= 0.6 is 0 Å². The van der Waals surface area contributed by atoms with Crippen LogP contribution in [0.1, 0.15) is 38.2 Å². The summed E-state index contributed by atoms with van der Waals surface area (Å²) >= 11 is 0. The van der Waals surface area contributed by atoms with Crippen molar-refractivity contribution in [3.8, 4) is 0 Å². The molecular formula is C20H26O2. The maximum atomic E-state index is 5.58. The maximum Gasteiger partial charge on any atom is 0.191 e. The Labute approximate surface area is 134 Å². The molecule has 118 valence electrons. The molecule has 0 amide bonds. The molecule has 0 saturated carbocycles. The molecule has 0 unspecified atom stereocenters. The fraction of sp³-hybridized carbons (Fsp3) is 0.400. The summed E-state index contributed by atoms with van der Waals surface area (Å²) in [5.74, 6) is -0.604. The third-order valence-electron chi connectivity index (χ3n) is 4.16. The molecule has 0 heterocycles. The number of hydrogen-bond donors (Lipinski definition) is 0. The van der Waals surface area contributed by atoms with E-state index in [1.54, 1.807) is 14.2 Å². The normalized spacial score (nSPS) is 17.4. The molecule has 2 nitrogen and oxygen atoms in total. The lowest BCUT2D eigenvalue weighted by molar-refractivity contribution is -0.169. The zero-order chi connectivity index (χ0) is 15.8. The number of ether oxygens (including phenoxy) is 2. The van der Waals surface area contributed by atoms with E-state index in [-0.39, 0.29) is 0 Å². The van der Waals surface area contributed by atoms with Crippen LogP contribution < -0.4 is 0 Å². The number of methoxy groups -OCH3 is 2. The second kappa shape index (κ2) is 8.11. The molecule has 0 aliphatic heterocycles. The average molecular weight is 298 g/mol. The van der Waals surface area contributed by atoms with Gasteiger partial charge in [-0.2, -0.15) is 0 Å². The molecule has 22 heavy (non-hydrogen) atoms. The van der Waals surface area contributed by atoms with Gasteiger partial charge in [-0.05, 0) is 30.1 Å². The number of hydrogen-bond acceptors (Lipinski definition) is 2. The predicted molar refractivity (Wildman–Crippen MR) is 92.5 cm³/mol. The molecular weight excluding hydrogens is 272 g/mol. The Morgan fingerprint density at radius 2 is 1.82 bits per heavy atom. The van der Waals surface area contributed by atoms with E-state index in [0.29, 0.717) is 0 Å². The molecule has 0 aromatic heterocycles. The van der Waals surface area contributed by atoms with Crippen LogP contribution in [0.15, 0.2) is 59.7 Å². The number of allylic oxidation sites excluding steroid dienone is 3. The minimum Gasteiger partial charge on any atom is -0.349 e. The van der Waals surface area contributed by atoms with E-state index in [2.05, 4.69) is 49.4 Å². The van der Waals surface area contributed by atoms with Gasteiger partial charge in [-0.3, -0.25) is 0 Å². The van der Waals surface area contributed by atoms with Crippen molar-refractivity contribution in [2.45, 2.75) is 38.4 Å². The van der Waals surface area contributed by atoms with E-state index in [0.717, 1.165) is 12.8 Å². The van der Waals surface area contributed by atoms with Gasteiger partial charge in [0.05, 0.1) is 0 Å². The molecule has 0 fully saturated rings. The van der Waals surface area contributed by atoms with Crippen molar-refractivity contribution in [2.24, 2.45) is 0 Å². The van der Waals surface area contributed by atoms with Gasteiger partial charge in [-0.15, -0.1) is 0 Å². The van der Waals surface area contributed by atoms with Crippen molar-refractivity contribution in [1.29, 1.82) is 0 Å². The molecule has 0 saturated heterocycles. The molecule has 0 bridgehead atoms. The van der Waals surface area contributed by atoms with Gasteiger partial charge in [-0.1, -0.05) is 67.5 Å². The van der Waals surface area contributed by atoms with Crippen LogP contribution in [0.2, 0.25) is 0 Å². The molecule has 0 atom stereocenters.